The molecule has 17 heavy (non-hydrogen) atoms. The molecule has 0 saturated carbocycles. The molecule has 3 nitrogen and oxygen atoms in total. The van der Waals surface area contributed by atoms with Crippen molar-refractivity contribution in [3.8, 4) is 11.1 Å². The van der Waals surface area contributed by atoms with Gasteiger partial charge in [0.05, 0.1) is 4.90 Å². The van der Waals surface area contributed by atoms with Crippen LogP contribution in [0.2, 0.25) is 0 Å². The Morgan fingerprint density at radius 3 is 2.41 bits per heavy atom. The van der Waals surface area contributed by atoms with Crippen LogP contribution in [0.5, 0.6) is 0 Å². The van der Waals surface area contributed by atoms with Gasteiger partial charge in [0.1, 0.15) is 0 Å². The lowest BCUT2D eigenvalue weighted by molar-refractivity contribution is 0.584. The van der Waals surface area contributed by atoms with E-state index in [1.54, 1.807) is 18.2 Å². The lowest BCUT2D eigenvalue weighted by Crippen LogP contribution is -1.99. The molecule has 0 aliphatic carbocycles. The Morgan fingerprint density at radius 2 is 1.82 bits per heavy atom. The monoisotopic (exact) mass is 251 g/mol. The summed E-state index contributed by atoms with van der Waals surface area (Å²) in [5.74, 6) is -0.592. The molecule has 0 radical (unpaired) electrons. The number of rotatable bonds is 2. The van der Waals surface area contributed by atoms with Crippen LogP contribution in [0.1, 0.15) is 0 Å². The van der Waals surface area contributed by atoms with E-state index in [9.17, 15) is 12.8 Å². The summed E-state index contributed by atoms with van der Waals surface area (Å²) in [5.41, 5.74) is 1.11. The van der Waals surface area contributed by atoms with Crippen molar-refractivity contribution in [3.05, 3.63) is 48.5 Å². The van der Waals surface area contributed by atoms with E-state index in [-0.39, 0.29) is 4.90 Å². The zero-order chi connectivity index (χ0) is 12.5. The number of sulfone groups is 1. The molecule has 1 aromatic carbocycles. The largest absolute Gasteiger partial charge is 0.228 e. The third-order valence-corrected chi connectivity index (χ3v) is 3.48. The number of benzene rings is 1. The Bertz CT molecular complexity index is 636. The second kappa shape index (κ2) is 4.25. The number of nitrogens with zero attached hydrogens (tertiary/aromatic N) is 1. The highest BCUT2D eigenvalue weighted by Crippen LogP contribution is 2.26. The fourth-order valence-electron chi connectivity index (χ4n) is 1.56. The van der Waals surface area contributed by atoms with Crippen LogP contribution < -0.4 is 0 Å². The predicted octanol–water partition coefficient (Wildman–Crippen LogP) is 2.29. The first-order valence-electron chi connectivity index (χ1n) is 4.89. The topological polar surface area (TPSA) is 47.0 Å². The minimum atomic E-state index is -3.31. The summed E-state index contributed by atoms with van der Waals surface area (Å²) in [6.45, 7) is 0. The van der Waals surface area contributed by atoms with Crippen LogP contribution in [-0.4, -0.2) is 19.7 Å². The lowest BCUT2D eigenvalue weighted by Gasteiger charge is -2.07. The van der Waals surface area contributed by atoms with Gasteiger partial charge in [-0.1, -0.05) is 18.2 Å². The molecule has 2 aromatic rings. The first-order valence-corrected chi connectivity index (χ1v) is 6.78. The molecule has 88 valence electrons. The molecule has 1 aromatic heterocycles. The Balaban J connectivity index is 2.64. The zero-order valence-electron chi connectivity index (χ0n) is 9.09. The SMILES string of the molecule is CS(=O)(=O)c1ccccc1-c1ccc(F)nc1. The van der Waals surface area contributed by atoms with Crippen molar-refractivity contribution in [3.63, 3.8) is 0 Å². The molecule has 2 rings (SSSR count). The summed E-state index contributed by atoms with van der Waals surface area (Å²) in [6, 6.07) is 9.28. The lowest BCUT2D eigenvalue weighted by atomic mass is 10.1. The van der Waals surface area contributed by atoms with Gasteiger partial charge in [0.15, 0.2) is 9.84 Å². The average molecular weight is 251 g/mol. The Kier molecular flexibility index (Phi) is 2.93. The quantitative estimate of drug-likeness (QED) is 0.769. The van der Waals surface area contributed by atoms with E-state index in [1.165, 1.54) is 24.4 Å². The zero-order valence-corrected chi connectivity index (χ0v) is 9.91. The third kappa shape index (κ3) is 2.50. The van der Waals surface area contributed by atoms with Crippen LogP contribution in [-0.2, 0) is 9.84 Å². The van der Waals surface area contributed by atoms with Gasteiger partial charge in [-0.3, -0.25) is 0 Å². The highest BCUT2D eigenvalue weighted by Gasteiger charge is 2.13. The molecule has 0 unspecified atom stereocenters. The van der Waals surface area contributed by atoms with Gasteiger partial charge in [-0.2, -0.15) is 4.39 Å². The first kappa shape index (κ1) is 11.7. The molecule has 0 bridgehead atoms. The van der Waals surface area contributed by atoms with Crippen molar-refractivity contribution in [1.82, 2.24) is 4.98 Å². The van der Waals surface area contributed by atoms with Crippen molar-refractivity contribution in [2.75, 3.05) is 6.26 Å². The average Bonchev–Trinajstić information content (AvgIpc) is 2.29. The maximum Gasteiger partial charge on any atom is 0.212 e. The van der Waals surface area contributed by atoms with Gasteiger partial charge in [0, 0.05) is 23.6 Å². The molecular weight excluding hydrogens is 241 g/mol. The molecule has 1 heterocycles. The van der Waals surface area contributed by atoms with Crippen LogP contribution in [0, 0.1) is 5.95 Å². The minimum Gasteiger partial charge on any atom is -0.228 e. The molecular formula is C12H10FNO2S. The third-order valence-electron chi connectivity index (χ3n) is 2.32. The molecule has 0 saturated heterocycles. The fraction of sp³-hybridized carbons (Fsp3) is 0.0833. The van der Waals surface area contributed by atoms with E-state index in [2.05, 4.69) is 4.98 Å². The highest BCUT2D eigenvalue weighted by molar-refractivity contribution is 7.90. The van der Waals surface area contributed by atoms with E-state index in [0.29, 0.717) is 11.1 Å². The minimum absolute atomic E-state index is 0.216. The standard InChI is InChI=1S/C12H10FNO2S/c1-17(15,16)11-5-3-2-4-10(11)9-6-7-12(13)14-8-9/h2-8H,1H3. The molecule has 0 aliphatic rings. The van der Waals surface area contributed by atoms with Gasteiger partial charge in [-0.05, 0) is 18.2 Å². The maximum atomic E-state index is 12.7. The van der Waals surface area contributed by atoms with E-state index < -0.39 is 15.8 Å². The van der Waals surface area contributed by atoms with Crippen LogP contribution >= 0.6 is 0 Å². The van der Waals surface area contributed by atoms with E-state index in [0.717, 1.165) is 6.26 Å². The maximum absolute atomic E-state index is 12.7. The van der Waals surface area contributed by atoms with Crippen LogP contribution in [0.4, 0.5) is 4.39 Å². The summed E-state index contributed by atoms with van der Waals surface area (Å²) < 4.78 is 35.9. The Hall–Kier alpha value is -1.75. The normalized spacial score (nSPS) is 11.4. The number of aromatic nitrogens is 1. The van der Waals surface area contributed by atoms with Crippen LogP contribution in [0.15, 0.2) is 47.5 Å². The Labute approximate surface area is 98.9 Å². The van der Waals surface area contributed by atoms with Crippen LogP contribution in [0.25, 0.3) is 11.1 Å². The first-order chi connectivity index (χ1) is 7.98. The summed E-state index contributed by atoms with van der Waals surface area (Å²) in [4.78, 5) is 3.73. The van der Waals surface area contributed by atoms with Crippen molar-refractivity contribution in [2.24, 2.45) is 0 Å². The second-order valence-corrected chi connectivity index (χ2v) is 5.62. The van der Waals surface area contributed by atoms with Crippen molar-refractivity contribution < 1.29 is 12.8 Å². The summed E-state index contributed by atoms with van der Waals surface area (Å²) in [5, 5.41) is 0. The van der Waals surface area contributed by atoms with E-state index in [4.69, 9.17) is 0 Å². The molecule has 0 amide bonds. The van der Waals surface area contributed by atoms with Crippen LogP contribution in [0.3, 0.4) is 0 Å². The summed E-state index contributed by atoms with van der Waals surface area (Å²) in [7, 11) is -3.31. The predicted molar refractivity (Wildman–Crippen MR) is 62.7 cm³/mol. The highest BCUT2D eigenvalue weighted by atomic mass is 32.2. The summed E-state index contributed by atoms with van der Waals surface area (Å²) in [6.07, 6.45) is 2.46. The molecule has 0 spiro atoms. The molecule has 0 fully saturated rings. The van der Waals surface area contributed by atoms with Gasteiger partial charge in [-0.25, -0.2) is 13.4 Å². The number of hydrogen-bond donors (Lipinski definition) is 0. The van der Waals surface area contributed by atoms with Gasteiger partial charge in [0.2, 0.25) is 5.95 Å². The second-order valence-electron chi connectivity index (χ2n) is 3.64. The Morgan fingerprint density at radius 1 is 1.12 bits per heavy atom. The van der Waals surface area contributed by atoms with E-state index in [1.807, 2.05) is 0 Å². The smallest absolute Gasteiger partial charge is 0.212 e. The van der Waals surface area contributed by atoms with Gasteiger partial charge < -0.3 is 0 Å². The summed E-state index contributed by atoms with van der Waals surface area (Å²) >= 11 is 0. The molecule has 0 atom stereocenters. The van der Waals surface area contributed by atoms with E-state index >= 15 is 0 Å². The molecule has 0 N–H and O–H groups in total. The number of halogens is 1. The molecule has 0 aliphatic heterocycles. The fourth-order valence-corrected chi connectivity index (χ4v) is 2.47. The molecule has 5 heteroatoms. The number of hydrogen-bond acceptors (Lipinski definition) is 3. The van der Waals surface area contributed by atoms with Gasteiger partial charge in [-0.15, -0.1) is 0 Å². The van der Waals surface area contributed by atoms with Crippen molar-refractivity contribution in [1.29, 1.82) is 0 Å². The van der Waals surface area contributed by atoms with Gasteiger partial charge in [0.25, 0.3) is 0 Å². The van der Waals surface area contributed by atoms with Crippen molar-refractivity contribution in [2.45, 2.75) is 4.90 Å². The van der Waals surface area contributed by atoms with Crippen molar-refractivity contribution >= 4 is 9.84 Å². The number of pyridine rings is 1. The van der Waals surface area contributed by atoms with Gasteiger partial charge >= 0.3 is 0 Å².